The van der Waals surface area contributed by atoms with Gasteiger partial charge in [0.15, 0.2) is 0 Å². The van der Waals surface area contributed by atoms with E-state index in [1.807, 2.05) is 11.7 Å². The summed E-state index contributed by atoms with van der Waals surface area (Å²) >= 11 is 0. The zero-order valence-electron chi connectivity index (χ0n) is 11.6. The molecule has 1 heterocycles. The van der Waals surface area contributed by atoms with E-state index < -0.39 is 0 Å². The summed E-state index contributed by atoms with van der Waals surface area (Å²) in [7, 11) is 3.70. The Balaban J connectivity index is 2.72. The van der Waals surface area contributed by atoms with Crippen LogP contribution in [0.1, 0.15) is 32.2 Å². The Kier molecular flexibility index (Phi) is 5.15. The van der Waals surface area contributed by atoms with Crippen molar-refractivity contribution in [3.8, 4) is 0 Å². The van der Waals surface area contributed by atoms with Crippen molar-refractivity contribution in [2.24, 2.45) is 18.7 Å². The third-order valence-electron chi connectivity index (χ3n) is 3.19. The van der Waals surface area contributed by atoms with Gasteiger partial charge >= 0.3 is 0 Å². The van der Waals surface area contributed by atoms with Gasteiger partial charge < -0.3 is 10.5 Å². The van der Waals surface area contributed by atoms with Gasteiger partial charge in [-0.1, -0.05) is 20.8 Å². The molecule has 2 atom stereocenters. The van der Waals surface area contributed by atoms with E-state index in [1.165, 1.54) is 5.69 Å². The molecule has 17 heavy (non-hydrogen) atoms. The first-order valence-corrected chi connectivity index (χ1v) is 6.29. The number of nitrogens with two attached hydrogens (primary N) is 1. The first-order chi connectivity index (χ1) is 7.99. The molecule has 0 fully saturated rings. The standard InChI is InChI=1S/C13H25N3O/c1-6-10-7-11(16(4)15-10)8-12(14)13(17-5)9(2)3/h7,9,12-13H,6,8,14H2,1-5H3. The van der Waals surface area contributed by atoms with E-state index in [2.05, 4.69) is 31.9 Å². The van der Waals surface area contributed by atoms with Crippen LogP contribution in [0.15, 0.2) is 6.07 Å². The van der Waals surface area contributed by atoms with Crippen LogP contribution < -0.4 is 5.73 Å². The topological polar surface area (TPSA) is 53.1 Å². The molecule has 0 aliphatic carbocycles. The first-order valence-electron chi connectivity index (χ1n) is 6.29. The van der Waals surface area contributed by atoms with Crippen LogP contribution in [0.2, 0.25) is 0 Å². The van der Waals surface area contributed by atoms with E-state index in [4.69, 9.17) is 10.5 Å². The second kappa shape index (κ2) is 6.17. The predicted octanol–water partition coefficient (Wildman–Crippen LogP) is 1.52. The van der Waals surface area contributed by atoms with E-state index in [-0.39, 0.29) is 12.1 Å². The van der Waals surface area contributed by atoms with Crippen LogP contribution in [0.25, 0.3) is 0 Å². The van der Waals surface area contributed by atoms with Crippen molar-refractivity contribution in [3.05, 3.63) is 17.5 Å². The minimum atomic E-state index is 0.0140. The van der Waals surface area contributed by atoms with Crippen molar-refractivity contribution < 1.29 is 4.74 Å². The molecule has 1 aromatic heterocycles. The lowest BCUT2D eigenvalue weighted by Gasteiger charge is -2.25. The van der Waals surface area contributed by atoms with Crippen LogP contribution in [0, 0.1) is 5.92 Å². The van der Waals surface area contributed by atoms with Gasteiger partial charge in [-0.15, -0.1) is 0 Å². The van der Waals surface area contributed by atoms with Crippen molar-refractivity contribution in [3.63, 3.8) is 0 Å². The summed E-state index contributed by atoms with van der Waals surface area (Å²) in [6, 6.07) is 2.15. The van der Waals surface area contributed by atoms with Crippen LogP contribution in [0.3, 0.4) is 0 Å². The summed E-state index contributed by atoms with van der Waals surface area (Å²) in [6.07, 6.45) is 1.86. The van der Waals surface area contributed by atoms with Crippen molar-refractivity contribution in [2.75, 3.05) is 7.11 Å². The lowest BCUT2D eigenvalue weighted by Crippen LogP contribution is -2.41. The van der Waals surface area contributed by atoms with Crippen molar-refractivity contribution in [1.29, 1.82) is 0 Å². The van der Waals surface area contributed by atoms with Crippen LogP contribution in [-0.2, 0) is 24.6 Å². The molecule has 0 radical (unpaired) electrons. The summed E-state index contributed by atoms with van der Waals surface area (Å²) in [5.74, 6) is 0.425. The summed E-state index contributed by atoms with van der Waals surface area (Å²) in [5.41, 5.74) is 8.51. The molecule has 2 N–H and O–H groups in total. The average molecular weight is 239 g/mol. The number of methoxy groups -OCH3 is 1. The van der Waals surface area contributed by atoms with Gasteiger partial charge in [0.2, 0.25) is 0 Å². The first kappa shape index (κ1) is 14.2. The Morgan fingerprint density at radius 1 is 1.47 bits per heavy atom. The molecule has 0 bridgehead atoms. The maximum atomic E-state index is 6.21. The number of rotatable bonds is 6. The third-order valence-corrected chi connectivity index (χ3v) is 3.19. The van der Waals surface area contributed by atoms with Gasteiger partial charge in [0.25, 0.3) is 0 Å². The van der Waals surface area contributed by atoms with Gasteiger partial charge in [-0.3, -0.25) is 4.68 Å². The molecule has 4 nitrogen and oxygen atoms in total. The third kappa shape index (κ3) is 3.54. The molecule has 0 aliphatic heterocycles. The zero-order valence-corrected chi connectivity index (χ0v) is 11.6. The van der Waals surface area contributed by atoms with E-state index in [0.717, 1.165) is 18.5 Å². The second-order valence-corrected chi connectivity index (χ2v) is 4.92. The Morgan fingerprint density at radius 3 is 2.53 bits per heavy atom. The maximum Gasteiger partial charge on any atom is 0.0748 e. The van der Waals surface area contributed by atoms with E-state index >= 15 is 0 Å². The molecule has 0 aliphatic rings. The van der Waals surface area contributed by atoms with Crippen LogP contribution in [0.4, 0.5) is 0 Å². The van der Waals surface area contributed by atoms with Crippen LogP contribution in [0.5, 0.6) is 0 Å². The predicted molar refractivity (Wildman–Crippen MR) is 69.9 cm³/mol. The Hall–Kier alpha value is -0.870. The molecule has 0 amide bonds. The van der Waals surface area contributed by atoms with E-state index in [0.29, 0.717) is 5.92 Å². The fraction of sp³-hybridized carbons (Fsp3) is 0.769. The summed E-state index contributed by atoms with van der Waals surface area (Å²) < 4.78 is 7.39. The lowest BCUT2D eigenvalue weighted by molar-refractivity contribution is 0.0437. The Bertz CT molecular complexity index is 346. The highest BCUT2D eigenvalue weighted by Gasteiger charge is 2.22. The monoisotopic (exact) mass is 239 g/mol. The van der Waals surface area contributed by atoms with Gasteiger partial charge in [0.1, 0.15) is 0 Å². The van der Waals surface area contributed by atoms with Gasteiger partial charge in [-0.2, -0.15) is 5.10 Å². The number of aromatic nitrogens is 2. The number of nitrogens with zero attached hydrogens (tertiary/aromatic N) is 2. The molecule has 0 saturated carbocycles. The van der Waals surface area contributed by atoms with Crippen LogP contribution in [-0.4, -0.2) is 29.0 Å². The summed E-state index contributed by atoms with van der Waals surface area (Å²) in [6.45, 7) is 6.38. The fourth-order valence-corrected chi connectivity index (χ4v) is 2.23. The number of hydrogen-bond donors (Lipinski definition) is 1. The molecular weight excluding hydrogens is 214 g/mol. The van der Waals surface area contributed by atoms with Gasteiger partial charge in [0, 0.05) is 32.3 Å². The van der Waals surface area contributed by atoms with Gasteiger partial charge in [-0.05, 0) is 18.4 Å². The number of ether oxygens (including phenoxy) is 1. The average Bonchev–Trinajstić information content (AvgIpc) is 2.60. The zero-order chi connectivity index (χ0) is 13.0. The highest BCUT2D eigenvalue weighted by molar-refractivity contribution is 5.12. The van der Waals surface area contributed by atoms with E-state index in [1.54, 1.807) is 7.11 Å². The molecule has 0 aromatic carbocycles. The molecule has 0 saturated heterocycles. The molecule has 2 unspecified atom stereocenters. The molecule has 98 valence electrons. The highest BCUT2D eigenvalue weighted by atomic mass is 16.5. The smallest absolute Gasteiger partial charge is 0.0748 e. The van der Waals surface area contributed by atoms with Crippen LogP contribution >= 0.6 is 0 Å². The number of hydrogen-bond acceptors (Lipinski definition) is 3. The highest BCUT2D eigenvalue weighted by Crippen LogP contribution is 2.14. The summed E-state index contributed by atoms with van der Waals surface area (Å²) in [4.78, 5) is 0. The number of aryl methyl sites for hydroxylation is 2. The second-order valence-electron chi connectivity index (χ2n) is 4.92. The minimum absolute atomic E-state index is 0.0140. The molecule has 0 spiro atoms. The van der Waals surface area contributed by atoms with Crippen molar-refractivity contribution >= 4 is 0 Å². The van der Waals surface area contributed by atoms with E-state index in [9.17, 15) is 0 Å². The largest absolute Gasteiger partial charge is 0.380 e. The van der Waals surface area contributed by atoms with Gasteiger partial charge in [0.05, 0.1) is 11.8 Å². The SMILES string of the molecule is CCc1cc(CC(N)C(OC)C(C)C)n(C)n1. The lowest BCUT2D eigenvalue weighted by atomic mass is 9.96. The minimum Gasteiger partial charge on any atom is -0.380 e. The van der Waals surface area contributed by atoms with Crippen molar-refractivity contribution in [1.82, 2.24) is 9.78 Å². The normalized spacial score (nSPS) is 15.2. The molecule has 4 heteroatoms. The molecular formula is C13H25N3O. The molecule has 1 rings (SSSR count). The van der Waals surface area contributed by atoms with Crippen molar-refractivity contribution in [2.45, 2.75) is 45.8 Å². The Labute approximate surface area is 104 Å². The maximum absolute atomic E-state index is 6.21. The Morgan fingerprint density at radius 2 is 2.12 bits per heavy atom. The van der Waals surface area contributed by atoms with Gasteiger partial charge in [-0.25, -0.2) is 0 Å². The quantitative estimate of drug-likeness (QED) is 0.819. The fourth-order valence-electron chi connectivity index (χ4n) is 2.23. The molecule has 1 aromatic rings. The summed E-state index contributed by atoms with van der Waals surface area (Å²) in [5, 5.41) is 4.43.